The molecule has 0 radical (unpaired) electrons. The molecule has 14 rings (SSSR count). The average Bonchev–Trinajstić information content (AvgIpc) is 1.78. The van der Waals surface area contributed by atoms with Gasteiger partial charge in [0, 0.05) is 95.1 Å². The Kier molecular flexibility index (Phi) is 32.4. The van der Waals surface area contributed by atoms with Crippen molar-refractivity contribution >= 4 is 85.7 Å². The quantitative estimate of drug-likeness (QED) is 0.0561. The number of carbonyl (C=O) groups is 5. The van der Waals surface area contributed by atoms with Crippen molar-refractivity contribution in [2.24, 2.45) is 0 Å². The van der Waals surface area contributed by atoms with E-state index in [2.05, 4.69) is 82.1 Å². The lowest BCUT2D eigenvalue weighted by atomic mass is 10.0. The number of aryl methyl sites for hydroxylation is 10. The molecule has 0 saturated carbocycles. The van der Waals surface area contributed by atoms with Gasteiger partial charge in [0.1, 0.15) is 27.9 Å². The van der Waals surface area contributed by atoms with Crippen LogP contribution in [0.4, 0.5) is 94.8 Å². The van der Waals surface area contributed by atoms with E-state index >= 15 is 0 Å². The molecular formula is C88H75BrF15N15O6. The second-order valence-electron chi connectivity index (χ2n) is 27.5. The van der Waals surface area contributed by atoms with E-state index < -0.39 is 82.4 Å². The third-order valence-electron chi connectivity index (χ3n) is 17.6. The van der Waals surface area contributed by atoms with Crippen molar-refractivity contribution in [3.8, 4) is 0 Å². The number of ketones is 1. The van der Waals surface area contributed by atoms with Crippen LogP contribution in [0.25, 0.3) is 11.3 Å². The molecule has 5 N–H and O–H groups in total. The molecule has 0 atom stereocenters. The fourth-order valence-electron chi connectivity index (χ4n) is 10.9. The number of Topliss-reactive ketones (excluding diaryl/α,β-unsaturated/α-hetero) is 1. The average molecular weight is 1800 g/mol. The zero-order valence-electron chi connectivity index (χ0n) is 67.6. The minimum absolute atomic E-state index is 0.0100. The zero-order valence-corrected chi connectivity index (χ0v) is 69.2. The number of alkyl halides is 15. The Bertz CT molecular complexity index is 5800. The summed E-state index contributed by atoms with van der Waals surface area (Å²) in [6, 6.07) is 38.0. The zero-order chi connectivity index (χ0) is 92.1. The summed E-state index contributed by atoms with van der Waals surface area (Å²) in [7, 11) is 0. The Morgan fingerprint density at radius 1 is 0.352 bits per heavy atom. The Labute approximate surface area is 712 Å². The molecule has 0 aliphatic rings. The van der Waals surface area contributed by atoms with Crippen LogP contribution in [-0.2, 0) is 37.3 Å². The molecule has 14 aromatic rings. The molecule has 37 heteroatoms. The highest BCUT2D eigenvalue weighted by atomic mass is 79.9. The number of aromatic nitrogens is 11. The summed E-state index contributed by atoms with van der Waals surface area (Å²) in [5, 5.41) is 18.8. The Hall–Kier alpha value is -14.1. The number of carbonyl (C=O) groups excluding carboxylic acids is 4. The number of benzene rings is 5. The van der Waals surface area contributed by atoms with Gasteiger partial charge < -0.3 is 26.4 Å². The van der Waals surface area contributed by atoms with Crippen molar-refractivity contribution in [2.45, 2.75) is 107 Å². The lowest BCUT2D eigenvalue weighted by Crippen LogP contribution is -2.15. The molecule has 0 aliphatic heterocycles. The van der Waals surface area contributed by atoms with Crippen molar-refractivity contribution < 1.29 is 94.9 Å². The molecule has 5 aromatic carbocycles. The maximum atomic E-state index is 13.1. The number of nitrogens with zero attached hydrogens (tertiary/aromatic N) is 11. The van der Waals surface area contributed by atoms with E-state index in [0.29, 0.717) is 39.2 Å². The SMILES string of the molecule is Brc1cnc2cnccn12.Cc1cc(C(F)(F)F)c(C)cn1.Cc1ccc(C(=O)Nc2cc(C(F)(F)F)c(C)cn2)cc1.Cc1ccc(C(=O)Nc2cc(C(F)(F)F)c(C)cn2)cc1.Cc1ccc(C(=O)Nc2cc(C(F)(F)F)c(C)cn2)cc1.Cc1ccc(C(=O)O)cc1.Cc1cnc(CC(=O)c2ccc(Nc3cnc4cnccn34)cc2)cc1C(F)(F)F. The van der Waals surface area contributed by atoms with Crippen LogP contribution < -0.4 is 21.3 Å². The molecule has 0 bridgehead atoms. The smallest absolute Gasteiger partial charge is 0.416 e. The molecule has 125 heavy (non-hydrogen) atoms. The highest BCUT2D eigenvalue weighted by Crippen LogP contribution is 2.37. The van der Waals surface area contributed by atoms with Crippen molar-refractivity contribution in [3.63, 3.8) is 0 Å². The second-order valence-corrected chi connectivity index (χ2v) is 28.4. The van der Waals surface area contributed by atoms with Gasteiger partial charge in [0.15, 0.2) is 17.1 Å². The van der Waals surface area contributed by atoms with Crippen LogP contribution in [0.1, 0.15) is 141 Å². The second kappa shape index (κ2) is 42.1. The van der Waals surface area contributed by atoms with Crippen LogP contribution >= 0.6 is 15.9 Å². The topological polar surface area (TPSA) is 279 Å². The number of imidazole rings is 2. The molecule has 0 aliphatic carbocycles. The maximum absolute atomic E-state index is 13.1. The Balaban J connectivity index is 0.000000186. The molecule has 9 aromatic heterocycles. The van der Waals surface area contributed by atoms with Gasteiger partial charge in [-0.15, -0.1) is 0 Å². The van der Waals surface area contributed by atoms with Crippen molar-refractivity contribution in [1.82, 2.24) is 53.7 Å². The molecule has 3 amide bonds. The van der Waals surface area contributed by atoms with Gasteiger partial charge in [0.2, 0.25) is 0 Å². The van der Waals surface area contributed by atoms with Crippen LogP contribution in [0.15, 0.2) is 237 Å². The molecule has 9 heterocycles. The number of amides is 3. The molecule has 0 unspecified atom stereocenters. The monoisotopic (exact) mass is 1800 g/mol. The number of fused-ring (bicyclic) bond motifs is 2. The van der Waals surface area contributed by atoms with E-state index in [-0.39, 0.29) is 63.2 Å². The largest absolute Gasteiger partial charge is 0.478 e. The first-order valence-corrected chi connectivity index (χ1v) is 37.6. The van der Waals surface area contributed by atoms with Crippen LogP contribution in [0.3, 0.4) is 0 Å². The van der Waals surface area contributed by atoms with Crippen molar-refractivity contribution in [3.05, 3.63) is 354 Å². The standard InChI is InChI=1S/C21H16F3N5O.3C15H13F3N2O.C8H8F3N.C8H8O2.C6H4BrN3/c1-13-10-26-16(8-17(13)21(22,23)24)9-18(30)14-2-4-15(5-3-14)28-20-12-27-19-11-25-6-7-29(19)20;3*1-9-3-5-11(6-4-9)14(21)20-13-7-12(15(16,17)18)10(2)8-19-13;1-5-4-12-6(2)3-7(5)8(9,10)11;1-6-2-4-7(5-3-6)8(9)10;7-5-3-9-6-4-8-1-2-10(5)6/h2-8,10-12,28H,9H2,1H3;3*3-8H,1-2H3,(H,19,20,21);3-4H,1-2H3;2-5H,1H3,(H,9,10);1-4H. The first-order valence-electron chi connectivity index (χ1n) is 36.8. The molecule has 21 nitrogen and oxygen atoms in total. The maximum Gasteiger partial charge on any atom is 0.416 e. The number of carboxylic acids is 1. The highest BCUT2D eigenvalue weighted by molar-refractivity contribution is 9.10. The number of nitrogens with one attached hydrogen (secondary N) is 4. The number of carboxylic acid groups (broad SMARTS) is 1. The molecule has 0 spiro atoms. The Morgan fingerprint density at radius 3 is 1.02 bits per heavy atom. The predicted octanol–water partition coefficient (Wildman–Crippen LogP) is 22.4. The number of rotatable bonds is 12. The molecule has 0 saturated heterocycles. The van der Waals surface area contributed by atoms with Crippen LogP contribution in [0.5, 0.6) is 0 Å². The lowest BCUT2D eigenvalue weighted by molar-refractivity contribution is -0.139. The van der Waals surface area contributed by atoms with E-state index in [4.69, 9.17) is 5.11 Å². The van der Waals surface area contributed by atoms with E-state index in [9.17, 15) is 89.8 Å². The summed E-state index contributed by atoms with van der Waals surface area (Å²) < 4.78 is 196. The van der Waals surface area contributed by atoms with Crippen molar-refractivity contribution in [1.29, 1.82) is 0 Å². The fourth-order valence-corrected chi connectivity index (χ4v) is 11.3. The number of halogens is 16. The summed E-state index contributed by atoms with van der Waals surface area (Å²) in [6.45, 7) is 15.8. The third kappa shape index (κ3) is 28.8. The van der Waals surface area contributed by atoms with Gasteiger partial charge in [-0.2, -0.15) is 65.9 Å². The van der Waals surface area contributed by atoms with Crippen molar-refractivity contribution in [2.75, 3.05) is 21.3 Å². The third-order valence-corrected chi connectivity index (χ3v) is 18.2. The van der Waals surface area contributed by atoms with Gasteiger partial charge in [-0.05, 0) is 216 Å². The van der Waals surface area contributed by atoms with Crippen LogP contribution in [-0.4, -0.2) is 88.2 Å². The van der Waals surface area contributed by atoms with Gasteiger partial charge in [-0.25, -0.2) is 29.7 Å². The normalized spacial score (nSPS) is 11.2. The number of pyridine rings is 5. The number of hydrogen-bond acceptors (Lipinski definition) is 15. The molecular weight excluding hydrogens is 1730 g/mol. The summed E-state index contributed by atoms with van der Waals surface area (Å²) in [6.07, 6.45) is -2.99. The molecule has 650 valence electrons. The fraction of sp³-hybridized carbons (Fsp3) is 0.182. The van der Waals surface area contributed by atoms with Crippen LogP contribution in [0, 0.1) is 69.2 Å². The minimum atomic E-state index is -4.48. The number of aromatic carboxylic acids is 1. The first-order chi connectivity index (χ1) is 58.6. The summed E-state index contributed by atoms with van der Waals surface area (Å²) in [4.78, 5) is 94.0. The predicted molar refractivity (Wildman–Crippen MR) is 442 cm³/mol. The lowest BCUT2D eigenvalue weighted by Gasteiger charge is -2.12. The van der Waals surface area contributed by atoms with Gasteiger partial charge in [-0.3, -0.25) is 47.9 Å². The minimum Gasteiger partial charge on any atom is -0.478 e. The Morgan fingerprint density at radius 2 is 0.664 bits per heavy atom. The van der Waals surface area contributed by atoms with Gasteiger partial charge >= 0.3 is 36.9 Å². The van der Waals surface area contributed by atoms with Gasteiger partial charge in [-0.1, -0.05) is 70.8 Å². The van der Waals surface area contributed by atoms with Gasteiger partial charge in [0.25, 0.3) is 17.7 Å². The number of hydrogen-bond donors (Lipinski definition) is 5. The summed E-state index contributed by atoms with van der Waals surface area (Å²) >= 11 is 3.34. The van der Waals surface area contributed by atoms with E-state index in [1.807, 2.05) is 42.7 Å². The summed E-state index contributed by atoms with van der Waals surface area (Å²) in [5.41, 5.74) is 4.99. The van der Waals surface area contributed by atoms with Crippen LogP contribution in [0.2, 0.25) is 0 Å². The first kappa shape index (κ1) is 96.3. The van der Waals surface area contributed by atoms with E-state index in [1.165, 1.54) is 47.7 Å². The highest BCUT2D eigenvalue weighted by Gasteiger charge is 2.37. The summed E-state index contributed by atoms with van der Waals surface area (Å²) in [5.74, 6) is -2.34. The van der Waals surface area contributed by atoms with Gasteiger partial charge in [0.05, 0.1) is 64.6 Å². The molecule has 0 fully saturated rings. The number of anilines is 5. The van der Waals surface area contributed by atoms with E-state index in [1.54, 1.807) is 165 Å². The van der Waals surface area contributed by atoms with E-state index in [0.717, 1.165) is 99.1 Å².